The molecule has 0 bridgehead atoms. The Labute approximate surface area is 162 Å². The summed E-state index contributed by atoms with van der Waals surface area (Å²) in [5, 5.41) is 7.49. The highest BCUT2D eigenvalue weighted by molar-refractivity contribution is 6.05. The van der Waals surface area contributed by atoms with Crippen molar-refractivity contribution >= 4 is 22.9 Å². The first-order valence-corrected chi connectivity index (χ1v) is 9.01. The van der Waals surface area contributed by atoms with E-state index in [0.29, 0.717) is 23.5 Å². The lowest BCUT2D eigenvalue weighted by atomic mass is 10.0. The number of aryl methyl sites for hydroxylation is 1. The smallest absolute Gasteiger partial charge is 0.291 e. The fourth-order valence-corrected chi connectivity index (χ4v) is 2.97. The first-order chi connectivity index (χ1) is 13.4. The molecule has 0 saturated carbocycles. The number of carbonyl (C=O) groups is 2. The lowest BCUT2D eigenvalue weighted by Crippen LogP contribution is -2.28. The van der Waals surface area contributed by atoms with Crippen LogP contribution < -0.4 is 10.9 Å². The normalized spacial score (nSPS) is 10.5. The third kappa shape index (κ3) is 3.76. The van der Waals surface area contributed by atoms with Crippen LogP contribution in [0.25, 0.3) is 11.3 Å². The molecule has 0 spiro atoms. The summed E-state index contributed by atoms with van der Waals surface area (Å²) < 4.78 is 1.33. The van der Waals surface area contributed by atoms with Crippen molar-refractivity contribution in [3.05, 3.63) is 76.1 Å². The van der Waals surface area contributed by atoms with Gasteiger partial charge in [-0.25, -0.2) is 4.68 Å². The van der Waals surface area contributed by atoms with Crippen LogP contribution >= 0.6 is 0 Å². The number of aromatic nitrogens is 2. The standard InChI is InChI=1S/C22H21N3O3/c1-4-25-22(28)21(23-18-12-10-16(11-13-18)14(2)26)19(15(3)27)20(24-25)17-8-6-5-7-9-17/h5-13,23H,4H2,1-3H3. The molecule has 0 aliphatic heterocycles. The maximum atomic E-state index is 12.9. The first-order valence-electron chi connectivity index (χ1n) is 9.01. The van der Waals surface area contributed by atoms with Gasteiger partial charge in [-0.1, -0.05) is 30.3 Å². The summed E-state index contributed by atoms with van der Waals surface area (Å²) >= 11 is 0. The quantitative estimate of drug-likeness (QED) is 0.657. The van der Waals surface area contributed by atoms with E-state index in [-0.39, 0.29) is 28.4 Å². The van der Waals surface area contributed by atoms with Gasteiger partial charge in [0.25, 0.3) is 5.56 Å². The van der Waals surface area contributed by atoms with Crippen LogP contribution in [-0.2, 0) is 6.54 Å². The number of hydrogen-bond donors (Lipinski definition) is 1. The fourth-order valence-electron chi connectivity index (χ4n) is 2.97. The summed E-state index contributed by atoms with van der Waals surface area (Å²) in [4.78, 5) is 36.9. The Bertz CT molecular complexity index is 1080. The van der Waals surface area contributed by atoms with Crippen LogP contribution in [0.4, 0.5) is 11.4 Å². The molecule has 2 aromatic carbocycles. The minimum absolute atomic E-state index is 0.0420. The van der Waals surface area contributed by atoms with Gasteiger partial charge < -0.3 is 5.32 Å². The Hall–Kier alpha value is -3.54. The monoisotopic (exact) mass is 375 g/mol. The van der Waals surface area contributed by atoms with E-state index in [9.17, 15) is 14.4 Å². The van der Waals surface area contributed by atoms with E-state index in [1.807, 2.05) is 37.3 Å². The molecule has 0 radical (unpaired) electrons. The van der Waals surface area contributed by atoms with Crippen LogP contribution in [-0.4, -0.2) is 21.3 Å². The van der Waals surface area contributed by atoms with Crippen molar-refractivity contribution in [1.82, 2.24) is 9.78 Å². The van der Waals surface area contributed by atoms with E-state index in [1.165, 1.54) is 18.5 Å². The lowest BCUT2D eigenvalue weighted by molar-refractivity contribution is 0.100. The number of nitrogens with zero attached hydrogens (tertiary/aromatic N) is 2. The number of Topliss-reactive ketones (excluding diaryl/α,β-unsaturated/α-hetero) is 2. The van der Waals surface area contributed by atoms with E-state index >= 15 is 0 Å². The Morgan fingerprint density at radius 3 is 2.14 bits per heavy atom. The topological polar surface area (TPSA) is 81.1 Å². The lowest BCUT2D eigenvalue weighted by Gasteiger charge is -2.16. The zero-order valence-corrected chi connectivity index (χ0v) is 16.0. The molecule has 0 aliphatic carbocycles. The molecule has 28 heavy (non-hydrogen) atoms. The van der Waals surface area contributed by atoms with Crippen LogP contribution in [0.2, 0.25) is 0 Å². The van der Waals surface area contributed by atoms with E-state index in [0.717, 1.165) is 5.56 Å². The van der Waals surface area contributed by atoms with Crippen LogP contribution in [0, 0.1) is 0 Å². The molecule has 1 heterocycles. The molecular weight excluding hydrogens is 354 g/mol. The Morgan fingerprint density at radius 1 is 0.964 bits per heavy atom. The molecule has 1 aromatic heterocycles. The maximum absolute atomic E-state index is 12.9. The summed E-state index contributed by atoms with van der Waals surface area (Å²) in [7, 11) is 0. The second kappa shape index (κ2) is 8.00. The summed E-state index contributed by atoms with van der Waals surface area (Å²) in [6.07, 6.45) is 0. The first kappa shape index (κ1) is 19.2. The van der Waals surface area contributed by atoms with Gasteiger partial charge in [0.15, 0.2) is 11.6 Å². The molecule has 142 valence electrons. The molecule has 0 atom stereocenters. The zero-order chi connectivity index (χ0) is 20.3. The molecule has 6 nitrogen and oxygen atoms in total. The molecule has 0 unspecified atom stereocenters. The van der Waals surface area contributed by atoms with Crippen molar-refractivity contribution in [2.75, 3.05) is 5.32 Å². The highest BCUT2D eigenvalue weighted by Gasteiger charge is 2.21. The average molecular weight is 375 g/mol. The minimum atomic E-state index is -0.372. The Kier molecular flexibility index (Phi) is 5.49. The molecule has 0 saturated heterocycles. The van der Waals surface area contributed by atoms with Crippen molar-refractivity contribution in [2.45, 2.75) is 27.3 Å². The largest absolute Gasteiger partial charge is 0.350 e. The van der Waals surface area contributed by atoms with Gasteiger partial charge in [-0.3, -0.25) is 14.4 Å². The number of nitrogens with one attached hydrogen (secondary N) is 1. The second-order valence-corrected chi connectivity index (χ2v) is 6.40. The van der Waals surface area contributed by atoms with E-state index in [1.54, 1.807) is 24.3 Å². The predicted octanol–water partition coefficient (Wildman–Crippen LogP) is 4.08. The number of carbonyl (C=O) groups excluding carboxylic acids is 2. The number of benzene rings is 2. The van der Waals surface area contributed by atoms with E-state index in [2.05, 4.69) is 10.4 Å². The minimum Gasteiger partial charge on any atom is -0.350 e. The van der Waals surface area contributed by atoms with Gasteiger partial charge in [-0.2, -0.15) is 5.10 Å². The van der Waals surface area contributed by atoms with Crippen LogP contribution in [0.1, 0.15) is 41.5 Å². The van der Waals surface area contributed by atoms with Gasteiger partial charge in [-0.05, 0) is 45.0 Å². The van der Waals surface area contributed by atoms with Crippen LogP contribution in [0.3, 0.4) is 0 Å². The third-order valence-corrected chi connectivity index (χ3v) is 4.42. The van der Waals surface area contributed by atoms with E-state index in [4.69, 9.17) is 0 Å². The zero-order valence-electron chi connectivity index (χ0n) is 16.0. The summed E-state index contributed by atoms with van der Waals surface area (Å²) in [5.74, 6) is -0.297. The Balaban J connectivity index is 2.19. The molecule has 3 rings (SSSR count). The van der Waals surface area contributed by atoms with Crippen LogP contribution in [0.15, 0.2) is 59.4 Å². The van der Waals surface area contributed by atoms with Crippen molar-refractivity contribution in [3.63, 3.8) is 0 Å². The summed E-state index contributed by atoms with van der Waals surface area (Å²) in [6.45, 7) is 5.10. The second-order valence-electron chi connectivity index (χ2n) is 6.40. The average Bonchev–Trinajstić information content (AvgIpc) is 2.70. The number of hydrogen-bond acceptors (Lipinski definition) is 5. The SMILES string of the molecule is CCn1nc(-c2ccccc2)c(C(C)=O)c(Nc2ccc(C(C)=O)cc2)c1=O. The summed E-state index contributed by atoms with van der Waals surface area (Å²) in [5.41, 5.74) is 2.45. The van der Waals surface area contributed by atoms with Crippen molar-refractivity contribution < 1.29 is 9.59 Å². The molecule has 0 fully saturated rings. The Morgan fingerprint density at radius 2 is 1.61 bits per heavy atom. The predicted molar refractivity (Wildman–Crippen MR) is 109 cm³/mol. The molecular formula is C22H21N3O3. The van der Waals surface area contributed by atoms with Crippen LogP contribution in [0.5, 0.6) is 0 Å². The van der Waals surface area contributed by atoms with Gasteiger partial charge in [-0.15, -0.1) is 0 Å². The van der Waals surface area contributed by atoms with E-state index < -0.39 is 0 Å². The van der Waals surface area contributed by atoms with Gasteiger partial charge in [0.2, 0.25) is 0 Å². The number of anilines is 2. The van der Waals surface area contributed by atoms with Gasteiger partial charge in [0, 0.05) is 23.4 Å². The van der Waals surface area contributed by atoms with Gasteiger partial charge in [0.1, 0.15) is 11.4 Å². The molecule has 0 aliphatic rings. The van der Waals surface area contributed by atoms with Gasteiger partial charge in [0.05, 0.1) is 5.56 Å². The highest BCUT2D eigenvalue weighted by atomic mass is 16.1. The van der Waals surface area contributed by atoms with Gasteiger partial charge >= 0.3 is 0 Å². The highest BCUT2D eigenvalue weighted by Crippen LogP contribution is 2.27. The summed E-state index contributed by atoms with van der Waals surface area (Å²) in [6, 6.07) is 16.1. The molecule has 1 N–H and O–H groups in total. The van der Waals surface area contributed by atoms with Crippen molar-refractivity contribution in [3.8, 4) is 11.3 Å². The molecule has 0 amide bonds. The maximum Gasteiger partial charge on any atom is 0.291 e. The number of ketones is 2. The number of rotatable bonds is 6. The van der Waals surface area contributed by atoms with Crippen molar-refractivity contribution in [1.29, 1.82) is 0 Å². The van der Waals surface area contributed by atoms with Crippen molar-refractivity contribution in [2.24, 2.45) is 0 Å². The molecule has 3 aromatic rings. The third-order valence-electron chi connectivity index (χ3n) is 4.42. The molecule has 6 heteroatoms. The fraction of sp³-hybridized carbons (Fsp3) is 0.182.